The minimum atomic E-state index is -0.533. The Morgan fingerprint density at radius 2 is 2.16 bits per heavy atom. The second-order valence-electron chi connectivity index (χ2n) is 5.08. The lowest BCUT2D eigenvalue weighted by Gasteiger charge is -2.17. The maximum atomic E-state index is 13.5. The van der Waals surface area contributed by atoms with E-state index in [4.69, 9.17) is 17.3 Å². The standard InChI is InChI=1S/C14H20ClFN2O/c1-9(2)6-10(8-17)7-13(19)18-14-11(15)4-3-5-12(14)16/h3-5,9-10H,6-8,17H2,1-2H3,(H,18,19). The van der Waals surface area contributed by atoms with Crippen LogP contribution in [0.4, 0.5) is 10.1 Å². The van der Waals surface area contributed by atoms with Gasteiger partial charge in [-0.05, 0) is 36.9 Å². The van der Waals surface area contributed by atoms with Gasteiger partial charge in [0.2, 0.25) is 5.91 Å². The Labute approximate surface area is 118 Å². The molecule has 106 valence electrons. The van der Waals surface area contributed by atoms with Crippen molar-refractivity contribution >= 4 is 23.2 Å². The molecule has 0 saturated heterocycles. The third kappa shape index (κ3) is 5.17. The third-order valence-corrected chi connectivity index (χ3v) is 3.15. The number of benzene rings is 1. The van der Waals surface area contributed by atoms with Crippen LogP contribution in [-0.2, 0) is 4.79 Å². The fourth-order valence-electron chi connectivity index (χ4n) is 2.00. The minimum absolute atomic E-state index is 0.0366. The highest BCUT2D eigenvalue weighted by Crippen LogP contribution is 2.25. The number of hydrogen-bond donors (Lipinski definition) is 2. The fourth-order valence-corrected chi connectivity index (χ4v) is 2.21. The second kappa shape index (κ2) is 7.46. The molecule has 0 saturated carbocycles. The molecule has 1 rings (SSSR count). The maximum absolute atomic E-state index is 13.5. The molecule has 0 fully saturated rings. The van der Waals surface area contributed by atoms with E-state index in [0.717, 1.165) is 6.42 Å². The van der Waals surface area contributed by atoms with E-state index in [1.165, 1.54) is 18.2 Å². The molecule has 19 heavy (non-hydrogen) atoms. The van der Waals surface area contributed by atoms with Crippen molar-refractivity contribution in [1.29, 1.82) is 0 Å². The second-order valence-corrected chi connectivity index (χ2v) is 5.49. The monoisotopic (exact) mass is 286 g/mol. The number of nitrogens with two attached hydrogens (primary N) is 1. The van der Waals surface area contributed by atoms with Gasteiger partial charge in [0.15, 0.2) is 0 Å². The highest BCUT2D eigenvalue weighted by molar-refractivity contribution is 6.33. The Balaban J connectivity index is 2.64. The lowest BCUT2D eigenvalue weighted by atomic mass is 9.94. The van der Waals surface area contributed by atoms with E-state index < -0.39 is 5.82 Å². The van der Waals surface area contributed by atoms with Gasteiger partial charge in [-0.2, -0.15) is 0 Å². The highest BCUT2D eigenvalue weighted by atomic mass is 35.5. The summed E-state index contributed by atoms with van der Waals surface area (Å²) in [6, 6.07) is 4.29. The van der Waals surface area contributed by atoms with E-state index in [0.29, 0.717) is 12.5 Å². The fraction of sp³-hybridized carbons (Fsp3) is 0.500. The van der Waals surface area contributed by atoms with Crippen LogP contribution in [0, 0.1) is 17.7 Å². The molecule has 1 unspecified atom stereocenters. The topological polar surface area (TPSA) is 55.1 Å². The predicted molar refractivity (Wildman–Crippen MR) is 76.7 cm³/mol. The molecular weight excluding hydrogens is 267 g/mol. The molecule has 0 heterocycles. The van der Waals surface area contributed by atoms with Gasteiger partial charge in [0.25, 0.3) is 0 Å². The number of para-hydroxylation sites is 1. The van der Waals surface area contributed by atoms with Crippen LogP contribution in [0.1, 0.15) is 26.7 Å². The number of rotatable bonds is 6. The van der Waals surface area contributed by atoms with E-state index in [1.54, 1.807) is 0 Å². The van der Waals surface area contributed by atoms with Crippen LogP contribution in [0.2, 0.25) is 5.02 Å². The zero-order valence-electron chi connectivity index (χ0n) is 11.2. The van der Waals surface area contributed by atoms with E-state index in [9.17, 15) is 9.18 Å². The number of carbonyl (C=O) groups excluding carboxylic acids is 1. The summed E-state index contributed by atoms with van der Waals surface area (Å²) in [6.45, 7) is 4.60. The van der Waals surface area contributed by atoms with Crippen LogP contribution in [0.15, 0.2) is 18.2 Å². The number of nitrogens with one attached hydrogen (secondary N) is 1. The van der Waals surface area contributed by atoms with Gasteiger partial charge in [-0.3, -0.25) is 4.79 Å². The number of hydrogen-bond acceptors (Lipinski definition) is 2. The Morgan fingerprint density at radius 1 is 1.47 bits per heavy atom. The summed E-state index contributed by atoms with van der Waals surface area (Å²) in [5, 5.41) is 2.71. The Morgan fingerprint density at radius 3 is 2.68 bits per heavy atom. The summed E-state index contributed by atoms with van der Waals surface area (Å²) in [5.74, 6) is -0.221. The highest BCUT2D eigenvalue weighted by Gasteiger charge is 2.16. The van der Waals surface area contributed by atoms with Crippen molar-refractivity contribution in [2.24, 2.45) is 17.6 Å². The number of carbonyl (C=O) groups is 1. The van der Waals surface area contributed by atoms with E-state index >= 15 is 0 Å². The first-order chi connectivity index (χ1) is 8.93. The van der Waals surface area contributed by atoms with E-state index in [1.807, 2.05) is 0 Å². The van der Waals surface area contributed by atoms with Crippen molar-refractivity contribution in [3.8, 4) is 0 Å². The van der Waals surface area contributed by atoms with Crippen LogP contribution in [0.5, 0.6) is 0 Å². The van der Waals surface area contributed by atoms with Gasteiger partial charge in [-0.1, -0.05) is 31.5 Å². The molecule has 3 nitrogen and oxygen atoms in total. The summed E-state index contributed by atoms with van der Waals surface area (Å²) in [7, 11) is 0. The summed E-state index contributed by atoms with van der Waals surface area (Å²) >= 11 is 5.85. The van der Waals surface area contributed by atoms with Crippen LogP contribution in [0.3, 0.4) is 0 Å². The van der Waals surface area contributed by atoms with Crippen molar-refractivity contribution in [3.05, 3.63) is 29.0 Å². The number of amides is 1. The van der Waals surface area contributed by atoms with Crippen LogP contribution >= 0.6 is 11.6 Å². The first-order valence-corrected chi connectivity index (χ1v) is 6.75. The van der Waals surface area contributed by atoms with Crippen LogP contribution < -0.4 is 11.1 Å². The van der Waals surface area contributed by atoms with Crippen molar-refractivity contribution in [2.75, 3.05) is 11.9 Å². The SMILES string of the molecule is CC(C)CC(CN)CC(=O)Nc1c(F)cccc1Cl. The van der Waals surface area contributed by atoms with Gasteiger partial charge in [0, 0.05) is 6.42 Å². The van der Waals surface area contributed by atoms with Gasteiger partial charge in [-0.25, -0.2) is 4.39 Å². The molecule has 3 N–H and O–H groups in total. The molecule has 1 aromatic rings. The molecule has 0 spiro atoms. The normalized spacial score (nSPS) is 12.5. The number of halogens is 2. The van der Waals surface area contributed by atoms with E-state index in [-0.39, 0.29) is 29.0 Å². The zero-order chi connectivity index (χ0) is 14.4. The molecule has 0 aliphatic carbocycles. The molecule has 0 bridgehead atoms. The average Bonchev–Trinajstić information content (AvgIpc) is 2.32. The van der Waals surface area contributed by atoms with Gasteiger partial charge >= 0.3 is 0 Å². The largest absolute Gasteiger partial charge is 0.330 e. The smallest absolute Gasteiger partial charge is 0.224 e. The number of anilines is 1. The van der Waals surface area contributed by atoms with Crippen LogP contribution in [-0.4, -0.2) is 12.5 Å². The first-order valence-electron chi connectivity index (χ1n) is 6.38. The van der Waals surface area contributed by atoms with Crippen LogP contribution in [0.25, 0.3) is 0 Å². The van der Waals surface area contributed by atoms with Crippen molar-refractivity contribution in [3.63, 3.8) is 0 Å². The van der Waals surface area contributed by atoms with Gasteiger partial charge in [0.05, 0.1) is 10.7 Å². The molecule has 0 aliphatic heterocycles. The summed E-state index contributed by atoms with van der Waals surface area (Å²) in [4.78, 5) is 11.9. The van der Waals surface area contributed by atoms with Crippen molar-refractivity contribution in [2.45, 2.75) is 26.7 Å². The maximum Gasteiger partial charge on any atom is 0.224 e. The van der Waals surface area contributed by atoms with Gasteiger partial charge in [0.1, 0.15) is 5.82 Å². The Hall–Kier alpha value is -1.13. The molecule has 0 aliphatic rings. The quantitative estimate of drug-likeness (QED) is 0.842. The third-order valence-electron chi connectivity index (χ3n) is 2.84. The summed E-state index contributed by atoms with van der Waals surface area (Å²) in [5.41, 5.74) is 5.68. The van der Waals surface area contributed by atoms with Crippen molar-refractivity contribution in [1.82, 2.24) is 0 Å². The summed E-state index contributed by atoms with van der Waals surface area (Å²) in [6.07, 6.45) is 1.15. The lowest BCUT2D eigenvalue weighted by Crippen LogP contribution is -2.23. The predicted octanol–water partition coefficient (Wildman–Crippen LogP) is 3.43. The lowest BCUT2D eigenvalue weighted by molar-refractivity contribution is -0.117. The molecule has 0 radical (unpaired) electrons. The van der Waals surface area contributed by atoms with Gasteiger partial charge < -0.3 is 11.1 Å². The molecular formula is C14H20ClFN2O. The molecule has 1 atom stereocenters. The molecule has 1 amide bonds. The summed E-state index contributed by atoms with van der Waals surface area (Å²) < 4.78 is 13.5. The van der Waals surface area contributed by atoms with Gasteiger partial charge in [-0.15, -0.1) is 0 Å². The van der Waals surface area contributed by atoms with Crippen molar-refractivity contribution < 1.29 is 9.18 Å². The molecule has 1 aromatic carbocycles. The Kier molecular flexibility index (Phi) is 6.25. The Bertz CT molecular complexity index is 417. The zero-order valence-corrected chi connectivity index (χ0v) is 12.0. The molecule has 0 aromatic heterocycles. The minimum Gasteiger partial charge on any atom is -0.330 e. The average molecular weight is 287 g/mol. The molecule has 5 heteroatoms. The first kappa shape index (κ1) is 15.9. The van der Waals surface area contributed by atoms with E-state index in [2.05, 4.69) is 19.2 Å².